The number of hydrogen-bond donors (Lipinski definition) is 0. The van der Waals surface area contributed by atoms with Gasteiger partial charge in [0.05, 0.1) is 11.9 Å². The highest BCUT2D eigenvalue weighted by molar-refractivity contribution is 8.27. The monoisotopic (exact) mass is 432 g/mol. The molecule has 6 heteroatoms. The Balaban J connectivity index is 1.70. The largest absolute Gasteiger partial charge is 0.261 e. The highest BCUT2D eigenvalue weighted by Gasteiger charge is 2.40. The zero-order valence-corrected chi connectivity index (χ0v) is 17.9. The molecule has 1 aromatic heterocycles. The van der Waals surface area contributed by atoms with Crippen LogP contribution in [0.15, 0.2) is 98.8 Å². The maximum atomic E-state index is 6.57. The van der Waals surface area contributed by atoms with Gasteiger partial charge in [-0.15, -0.1) is 0 Å². The first-order valence-electron chi connectivity index (χ1n) is 8.85. The van der Waals surface area contributed by atoms with Gasteiger partial charge < -0.3 is 0 Å². The molecule has 3 aromatic carbocycles. The summed E-state index contributed by atoms with van der Waals surface area (Å²) in [6.07, 6.45) is 5.28. The topological polar surface area (TPSA) is 25.8 Å². The van der Waals surface area contributed by atoms with Gasteiger partial charge in [0.15, 0.2) is 0 Å². The lowest BCUT2D eigenvalue weighted by molar-refractivity contribution is 1.20. The standard InChI is InChI=1S/C22H13N2PS3/c26-25-16-5-1-3-7-18(16)27-20-11-14(15-13-23-9-10-24-15)12-21(22(20)25)28-19-8-4-2-6-17(19)25/h1-13H. The molecule has 134 valence electrons. The summed E-state index contributed by atoms with van der Waals surface area (Å²) in [7, 11) is 0. The summed E-state index contributed by atoms with van der Waals surface area (Å²) in [4.78, 5) is 13.9. The second-order valence-electron chi connectivity index (χ2n) is 6.66. The van der Waals surface area contributed by atoms with Gasteiger partial charge in [0.25, 0.3) is 0 Å². The highest BCUT2D eigenvalue weighted by Crippen LogP contribution is 2.59. The van der Waals surface area contributed by atoms with Crippen LogP contribution < -0.4 is 15.9 Å². The van der Waals surface area contributed by atoms with Crippen molar-refractivity contribution >= 4 is 57.3 Å². The van der Waals surface area contributed by atoms with Crippen LogP contribution in [-0.2, 0) is 11.8 Å². The molecule has 0 unspecified atom stereocenters. The van der Waals surface area contributed by atoms with Crippen LogP contribution in [0.2, 0.25) is 0 Å². The smallest absolute Gasteiger partial charge is 0.0885 e. The molecule has 0 bridgehead atoms. The van der Waals surface area contributed by atoms with E-state index in [9.17, 15) is 0 Å². The van der Waals surface area contributed by atoms with Crippen LogP contribution in [-0.4, -0.2) is 9.97 Å². The molecule has 0 spiro atoms. The van der Waals surface area contributed by atoms with Crippen molar-refractivity contribution < 1.29 is 0 Å². The van der Waals surface area contributed by atoms with Crippen LogP contribution >= 0.6 is 29.6 Å². The van der Waals surface area contributed by atoms with Crippen molar-refractivity contribution in [3.63, 3.8) is 0 Å². The quantitative estimate of drug-likeness (QED) is 0.347. The minimum Gasteiger partial charge on any atom is -0.261 e. The summed E-state index contributed by atoms with van der Waals surface area (Å²) < 4.78 is 0. The predicted octanol–water partition coefficient (Wildman–Crippen LogP) is 4.83. The number of aromatic nitrogens is 2. The molecule has 2 aliphatic heterocycles. The molecule has 2 aliphatic rings. The molecule has 0 fully saturated rings. The second kappa shape index (κ2) is 6.30. The van der Waals surface area contributed by atoms with Gasteiger partial charge in [-0.2, -0.15) is 0 Å². The molecular formula is C22H13N2PS3. The van der Waals surface area contributed by atoms with Crippen LogP contribution in [0.3, 0.4) is 0 Å². The Morgan fingerprint density at radius 2 is 1.36 bits per heavy atom. The van der Waals surface area contributed by atoms with Gasteiger partial charge in [-0.1, -0.05) is 71.7 Å². The van der Waals surface area contributed by atoms with Crippen molar-refractivity contribution in [2.45, 2.75) is 19.6 Å². The van der Waals surface area contributed by atoms with E-state index in [0.29, 0.717) is 0 Å². The van der Waals surface area contributed by atoms with E-state index in [0.717, 1.165) is 11.3 Å². The third-order valence-electron chi connectivity index (χ3n) is 5.06. The maximum absolute atomic E-state index is 6.57. The molecule has 0 aliphatic carbocycles. The third kappa shape index (κ3) is 2.34. The van der Waals surface area contributed by atoms with Crippen molar-refractivity contribution in [1.82, 2.24) is 9.97 Å². The van der Waals surface area contributed by atoms with Gasteiger partial charge in [0, 0.05) is 59.5 Å². The lowest BCUT2D eigenvalue weighted by Crippen LogP contribution is -2.34. The van der Waals surface area contributed by atoms with Crippen molar-refractivity contribution in [1.29, 1.82) is 0 Å². The Morgan fingerprint density at radius 1 is 0.750 bits per heavy atom. The van der Waals surface area contributed by atoms with Crippen LogP contribution in [0.1, 0.15) is 0 Å². The normalized spacial score (nSPS) is 15.3. The van der Waals surface area contributed by atoms with E-state index in [-0.39, 0.29) is 0 Å². The summed E-state index contributed by atoms with van der Waals surface area (Å²) >= 11 is 10.2. The Labute approximate surface area is 176 Å². The summed E-state index contributed by atoms with van der Waals surface area (Å²) in [5.41, 5.74) is 2.00. The fourth-order valence-corrected chi connectivity index (χ4v) is 13.1. The predicted molar refractivity (Wildman–Crippen MR) is 122 cm³/mol. The van der Waals surface area contributed by atoms with Gasteiger partial charge in [0.2, 0.25) is 0 Å². The molecular weight excluding hydrogens is 419 g/mol. The molecule has 3 heterocycles. The van der Waals surface area contributed by atoms with Gasteiger partial charge in [-0.25, -0.2) is 0 Å². The Kier molecular flexibility index (Phi) is 3.82. The molecule has 28 heavy (non-hydrogen) atoms. The summed E-state index contributed by atoms with van der Waals surface area (Å²) in [6, 6.07) is 19.8. The van der Waals surface area contributed by atoms with E-state index in [1.165, 1.54) is 35.5 Å². The molecule has 0 saturated carbocycles. The second-order valence-corrected chi connectivity index (χ2v) is 13.1. The van der Waals surface area contributed by atoms with E-state index in [1.54, 1.807) is 12.4 Å². The fourth-order valence-electron chi connectivity index (χ4n) is 3.86. The lowest BCUT2D eigenvalue weighted by Gasteiger charge is -2.37. The molecule has 0 radical (unpaired) electrons. The molecule has 0 saturated heterocycles. The summed E-state index contributed by atoms with van der Waals surface area (Å²) in [5.74, 6) is 0. The number of rotatable bonds is 1. The van der Waals surface area contributed by atoms with Crippen LogP contribution in [0.25, 0.3) is 11.3 Å². The first-order chi connectivity index (χ1) is 13.7. The molecule has 0 atom stereocenters. The molecule has 0 N–H and O–H groups in total. The number of benzene rings is 3. The Hall–Kier alpha value is -1.91. The van der Waals surface area contributed by atoms with Crippen LogP contribution in [0.4, 0.5) is 0 Å². The minimum atomic E-state index is -2.07. The van der Waals surface area contributed by atoms with E-state index in [2.05, 4.69) is 70.6 Å². The van der Waals surface area contributed by atoms with Gasteiger partial charge in [-0.05, 0) is 24.3 Å². The van der Waals surface area contributed by atoms with Crippen LogP contribution in [0, 0.1) is 0 Å². The first kappa shape index (κ1) is 17.0. The number of nitrogens with zero attached hydrogens (tertiary/aromatic N) is 2. The Bertz CT molecular complexity index is 1230. The van der Waals surface area contributed by atoms with Gasteiger partial charge in [0.1, 0.15) is 0 Å². The van der Waals surface area contributed by atoms with E-state index in [1.807, 2.05) is 29.7 Å². The highest BCUT2D eigenvalue weighted by atomic mass is 32.4. The number of hydrogen-bond acceptors (Lipinski definition) is 5. The lowest BCUT2D eigenvalue weighted by atomic mass is 10.1. The average Bonchev–Trinajstić information content (AvgIpc) is 2.74. The van der Waals surface area contributed by atoms with Gasteiger partial charge in [-0.3, -0.25) is 9.97 Å². The first-order valence-corrected chi connectivity index (χ1v) is 13.3. The van der Waals surface area contributed by atoms with E-state index < -0.39 is 6.04 Å². The SMILES string of the molecule is S=P12c3ccccc3Sc3cc(-c4cnccn4)cc(c31)Sc1ccccc12. The van der Waals surface area contributed by atoms with Crippen molar-refractivity contribution in [2.24, 2.45) is 0 Å². The fraction of sp³-hybridized carbons (Fsp3) is 0. The molecule has 6 rings (SSSR count). The van der Waals surface area contributed by atoms with E-state index in [4.69, 9.17) is 11.8 Å². The summed E-state index contributed by atoms with van der Waals surface area (Å²) in [5, 5.41) is 4.00. The zero-order valence-electron chi connectivity index (χ0n) is 14.6. The van der Waals surface area contributed by atoms with Gasteiger partial charge >= 0.3 is 0 Å². The third-order valence-corrected chi connectivity index (χ3v) is 12.9. The van der Waals surface area contributed by atoms with Crippen molar-refractivity contribution in [3.8, 4) is 11.3 Å². The van der Waals surface area contributed by atoms with E-state index >= 15 is 0 Å². The maximum Gasteiger partial charge on any atom is 0.0885 e. The molecule has 0 amide bonds. The van der Waals surface area contributed by atoms with Crippen molar-refractivity contribution in [2.75, 3.05) is 0 Å². The zero-order chi connectivity index (χ0) is 18.7. The average molecular weight is 433 g/mol. The summed E-state index contributed by atoms with van der Waals surface area (Å²) in [6.45, 7) is 0. The van der Waals surface area contributed by atoms with Crippen molar-refractivity contribution in [3.05, 3.63) is 79.3 Å². The number of fused-ring (bicyclic) bond motifs is 4. The molecule has 2 nitrogen and oxygen atoms in total. The molecule has 4 aromatic rings. The minimum absolute atomic E-state index is 0.897. The van der Waals surface area contributed by atoms with Crippen LogP contribution in [0.5, 0.6) is 0 Å². The Morgan fingerprint density at radius 3 is 1.93 bits per heavy atom.